The molecule has 3 aromatic heterocycles. The molecule has 0 aromatic carbocycles. The quantitative estimate of drug-likeness (QED) is 0.633. The second-order valence-electron chi connectivity index (χ2n) is 8.09. The highest BCUT2D eigenvalue weighted by atomic mass is 16.5. The molecule has 3 aromatic rings. The molecular weight excluding hydrogens is 410 g/mol. The van der Waals surface area contributed by atoms with E-state index in [4.69, 9.17) is 19.7 Å². The zero-order chi connectivity index (χ0) is 21.9. The van der Waals surface area contributed by atoms with E-state index < -0.39 is 0 Å². The molecule has 1 saturated heterocycles. The fourth-order valence-electron chi connectivity index (χ4n) is 4.17. The topological polar surface area (TPSA) is 126 Å². The molecule has 0 atom stereocenters. The van der Waals surface area contributed by atoms with Gasteiger partial charge >= 0.3 is 6.01 Å². The van der Waals surface area contributed by atoms with Crippen molar-refractivity contribution in [3.8, 4) is 12.1 Å². The van der Waals surface area contributed by atoms with Gasteiger partial charge in [-0.15, -0.1) is 0 Å². The van der Waals surface area contributed by atoms with Gasteiger partial charge < -0.3 is 19.7 Å². The molecular formula is C21H25N9O2. The summed E-state index contributed by atoms with van der Waals surface area (Å²) in [6, 6.07) is 6.40. The van der Waals surface area contributed by atoms with E-state index in [0.29, 0.717) is 30.9 Å². The number of aromatic nitrogens is 6. The molecule has 0 bridgehead atoms. The molecule has 4 heterocycles. The summed E-state index contributed by atoms with van der Waals surface area (Å²) in [5, 5.41) is 16.8. The molecule has 1 saturated carbocycles. The van der Waals surface area contributed by atoms with E-state index in [-0.39, 0.29) is 12.1 Å². The van der Waals surface area contributed by atoms with Crippen molar-refractivity contribution < 1.29 is 9.47 Å². The summed E-state index contributed by atoms with van der Waals surface area (Å²) in [7, 11) is 0. The smallest absolute Gasteiger partial charge is 0.321 e. The van der Waals surface area contributed by atoms with Gasteiger partial charge in [-0.05, 0) is 38.7 Å². The molecule has 32 heavy (non-hydrogen) atoms. The highest BCUT2D eigenvalue weighted by Gasteiger charge is 2.25. The van der Waals surface area contributed by atoms with E-state index in [1.807, 2.05) is 13.0 Å². The summed E-state index contributed by atoms with van der Waals surface area (Å²) in [4.78, 5) is 19.9. The molecule has 5 rings (SSSR count). The van der Waals surface area contributed by atoms with Gasteiger partial charge in [-0.1, -0.05) is 0 Å². The normalized spacial score (nSPS) is 21.3. The fourth-order valence-corrected chi connectivity index (χ4v) is 4.17. The minimum atomic E-state index is 0.0426. The van der Waals surface area contributed by atoms with Gasteiger partial charge in [-0.25, -0.2) is 15.0 Å². The summed E-state index contributed by atoms with van der Waals surface area (Å²) < 4.78 is 13.4. The van der Waals surface area contributed by atoms with Crippen molar-refractivity contribution in [2.45, 2.75) is 44.8 Å². The number of aryl methyl sites for hydroxylation is 1. The van der Waals surface area contributed by atoms with E-state index in [9.17, 15) is 0 Å². The molecule has 1 aliphatic carbocycles. The molecule has 0 spiro atoms. The van der Waals surface area contributed by atoms with Crippen LogP contribution < -0.4 is 15.0 Å². The Morgan fingerprint density at radius 2 is 1.94 bits per heavy atom. The predicted molar refractivity (Wildman–Crippen MR) is 116 cm³/mol. The standard InChI is InChI=1S/C21H25N9O2/c1-14-10-16(12-22)27-20(25-14)26-15-2-4-17(5-3-15)32-21-28-19(29-6-8-31-9-7-29)11-18-23-13-24-30(18)21/h10-11,13,15,17H,2-9H2,1H3,(H,25,26,27)/t15-,17+. The predicted octanol–water partition coefficient (Wildman–Crippen LogP) is 1.73. The first-order chi connectivity index (χ1) is 15.7. The van der Waals surface area contributed by atoms with Crippen molar-refractivity contribution in [3.05, 3.63) is 29.8 Å². The van der Waals surface area contributed by atoms with Crippen LogP contribution in [0, 0.1) is 18.3 Å². The SMILES string of the molecule is Cc1cc(C#N)nc(N[C@H]2CC[C@@H](Oc3nc(N4CCOCC4)cc4ncnn34)CC2)n1. The van der Waals surface area contributed by atoms with Crippen LogP contribution in [0.2, 0.25) is 0 Å². The second-order valence-corrected chi connectivity index (χ2v) is 8.09. The molecule has 2 fully saturated rings. The van der Waals surface area contributed by atoms with E-state index in [1.165, 1.54) is 6.33 Å². The Kier molecular flexibility index (Phi) is 5.68. The molecule has 166 valence electrons. The van der Waals surface area contributed by atoms with E-state index in [2.05, 4.69) is 36.3 Å². The molecule has 0 radical (unpaired) electrons. The van der Waals surface area contributed by atoms with E-state index in [1.54, 1.807) is 10.6 Å². The molecule has 11 nitrogen and oxygen atoms in total. The summed E-state index contributed by atoms with van der Waals surface area (Å²) in [5.74, 6) is 1.35. The maximum atomic E-state index is 9.12. The Morgan fingerprint density at radius 1 is 1.12 bits per heavy atom. The molecule has 0 amide bonds. The van der Waals surface area contributed by atoms with Crippen molar-refractivity contribution >= 4 is 17.4 Å². The number of nitrogens with one attached hydrogen (secondary N) is 1. The maximum absolute atomic E-state index is 9.12. The van der Waals surface area contributed by atoms with Crippen LogP contribution in [-0.4, -0.2) is 68.0 Å². The van der Waals surface area contributed by atoms with Crippen molar-refractivity contribution in [1.29, 1.82) is 5.26 Å². The Morgan fingerprint density at radius 3 is 2.72 bits per heavy atom. The molecule has 2 aliphatic rings. The largest absolute Gasteiger partial charge is 0.460 e. The van der Waals surface area contributed by atoms with Gasteiger partial charge in [-0.2, -0.15) is 19.9 Å². The number of anilines is 2. The van der Waals surface area contributed by atoms with Gasteiger partial charge in [-0.3, -0.25) is 0 Å². The Hall–Kier alpha value is -3.52. The number of rotatable bonds is 5. The van der Waals surface area contributed by atoms with Crippen LogP contribution in [0.3, 0.4) is 0 Å². The molecule has 1 N–H and O–H groups in total. The summed E-state index contributed by atoms with van der Waals surface area (Å²) in [5.41, 5.74) is 1.87. The van der Waals surface area contributed by atoms with Crippen LogP contribution >= 0.6 is 0 Å². The van der Waals surface area contributed by atoms with Crippen LogP contribution in [0.4, 0.5) is 11.8 Å². The summed E-state index contributed by atoms with van der Waals surface area (Å²) in [6.07, 6.45) is 5.12. The number of ether oxygens (including phenoxy) is 2. The third-order valence-corrected chi connectivity index (χ3v) is 5.81. The third kappa shape index (κ3) is 4.40. The van der Waals surface area contributed by atoms with Gasteiger partial charge in [0.05, 0.1) is 13.2 Å². The van der Waals surface area contributed by atoms with Crippen molar-refractivity contribution in [1.82, 2.24) is 29.5 Å². The fraction of sp³-hybridized carbons (Fsp3) is 0.524. The van der Waals surface area contributed by atoms with E-state index >= 15 is 0 Å². The zero-order valence-corrected chi connectivity index (χ0v) is 17.9. The van der Waals surface area contributed by atoms with Crippen LogP contribution in [0.1, 0.15) is 37.1 Å². The molecule has 0 unspecified atom stereocenters. The van der Waals surface area contributed by atoms with Crippen LogP contribution in [0.25, 0.3) is 5.65 Å². The second kappa shape index (κ2) is 8.92. The average molecular weight is 435 g/mol. The van der Waals surface area contributed by atoms with Crippen molar-refractivity contribution in [2.24, 2.45) is 0 Å². The van der Waals surface area contributed by atoms with Crippen LogP contribution in [0.15, 0.2) is 18.5 Å². The van der Waals surface area contributed by atoms with Crippen molar-refractivity contribution in [2.75, 3.05) is 36.5 Å². The lowest BCUT2D eigenvalue weighted by Crippen LogP contribution is -2.37. The number of nitrogens with zero attached hydrogens (tertiary/aromatic N) is 8. The maximum Gasteiger partial charge on any atom is 0.321 e. The van der Waals surface area contributed by atoms with E-state index in [0.717, 1.165) is 55.9 Å². The lowest BCUT2D eigenvalue weighted by molar-refractivity contribution is 0.121. The van der Waals surface area contributed by atoms with Crippen molar-refractivity contribution in [3.63, 3.8) is 0 Å². The summed E-state index contributed by atoms with van der Waals surface area (Å²) >= 11 is 0. The zero-order valence-electron chi connectivity index (χ0n) is 17.9. The van der Waals surface area contributed by atoms with Gasteiger partial charge in [0.15, 0.2) is 5.65 Å². The summed E-state index contributed by atoms with van der Waals surface area (Å²) in [6.45, 7) is 4.83. The lowest BCUT2D eigenvalue weighted by Gasteiger charge is -2.30. The Bertz CT molecular complexity index is 1130. The first-order valence-corrected chi connectivity index (χ1v) is 10.9. The highest BCUT2D eigenvalue weighted by Crippen LogP contribution is 2.26. The Balaban J connectivity index is 1.25. The molecule has 11 heteroatoms. The Labute approximate surface area is 185 Å². The first-order valence-electron chi connectivity index (χ1n) is 10.9. The van der Waals surface area contributed by atoms with Gasteiger partial charge in [0, 0.05) is 30.9 Å². The van der Waals surface area contributed by atoms with Gasteiger partial charge in [0.25, 0.3) is 0 Å². The number of fused-ring (bicyclic) bond motifs is 1. The minimum Gasteiger partial charge on any atom is -0.460 e. The molecule has 1 aliphatic heterocycles. The van der Waals surface area contributed by atoms with Crippen LogP contribution in [-0.2, 0) is 4.74 Å². The minimum absolute atomic E-state index is 0.0426. The third-order valence-electron chi connectivity index (χ3n) is 5.81. The van der Waals surface area contributed by atoms with Gasteiger partial charge in [0.2, 0.25) is 5.95 Å². The number of hydrogen-bond donors (Lipinski definition) is 1. The number of hydrogen-bond acceptors (Lipinski definition) is 10. The highest BCUT2D eigenvalue weighted by molar-refractivity contribution is 5.52. The first kappa shape index (κ1) is 20.4. The van der Waals surface area contributed by atoms with Crippen LogP contribution in [0.5, 0.6) is 6.01 Å². The number of morpholine rings is 1. The monoisotopic (exact) mass is 435 g/mol. The average Bonchev–Trinajstić information content (AvgIpc) is 3.30. The lowest BCUT2D eigenvalue weighted by atomic mass is 9.93. The van der Waals surface area contributed by atoms with Gasteiger partial charge in [0.1, 0.15) is 30.0 Å². The number of nitriles is 1.